The number of fused-ring (bicyclic) bond motifs is 1. The summed E-state index contributed by atoms with van der Waals surface area (Å²) in [5.41, 5.74) is 1.80. The monoisotopic (exact) mass is 331 g/mol. The molecule has 0 bridgehead atoms. The molecular weight excluding hydrogens is 314 g/mol. The lowest BCUT2D eigenvalue weighted by Crippen LogP contribution is -2.36. The molecule has 0 spiro atoms. The molecule has 0 fully saturated rings. The molecule has 0 aromatic heterocycles. The summed E-state index contributed by atoms with van der Waals surface area (Å²) in [6.07, 6.45) is 0. The summed E-state index contributed by atoms with van der Waals surface area (Å²) in [7, 11) is 1.40. The minimum Gasteiger partial charge on any atom is -0.492 e. The van der Waals surface area contributed by atoms with Gasteiger partial charge in [0.05, 0.1) is 7.11 Å². The van der Waals surface area contributed by atoms with Gasteiger partial charge in [-0.15, -0.1) is 0 Å². The number of carbonyl (C=O) groups is 1. The molecule has 1 aliphatic rings. The molecule has 5 heteroatoms. The van der Waals surface area contributed by atoms with Crippen LogP contribution < -0.4 is 4.74 Å². The first-order valence-corrected chi connectivity index (χ1v) is 7.85. The third-order valence-electron chi connectivity index (χ3n) is 3.97. The number of rotatable bonds is 3. The van der Waals surface area contributed by atoms with E-state index in [1.807, 2.05) is 47.4 Å². The minimum absolute atomic E-state index is 0.322. The first-order valence-electron chi connectivity index (χ1n) is 7.47. The summed E-state index contributed by atoms with van der Waals surface area (Å²) in [5, 5.41) is 0.557. The van der Waals surface area contributed by atoms with Crippen molar-refractivity contribution in [2.24, 2.45) is 0 Å². The van der Waals surface area contributed by atoms with Crippen LogP contribution in [0.2, 0.25) is 5.02 Å². The Morgan fingerprint density at radius 2 is 1.96 bits per heavy atom. The van der Waals surface area contributed by atoms with E-state index in [9.17, 15) is 4.79 Å². The normalized spacial score (nSPS) is 15.9. The summed E-state index contributed by atoms with van der Waals surface area (Å²) < 4.78 is 10.8. The van der Waals surface area contributed by atoms with Crippen molar-refractivity contribution in [2.75, 3.05) is 20.3 Å². The van der Waals surface area contributed by atoms with Crippen molar-refractivity contribution in [1.29, 1.82) is 0 Å². The molecule has 1 aliphatic heterocycles. The van der Waals surface area contributed by atoms with Gasteiger partial charge in [-0.3, -0.25) is 4.90 Å². The second-order valence-electron chi connectivity index (χ2n) is 5.37. The highest BCUT2D eigenvalue weighted by atomic mass is 35.5. The first kappa shape index (κ1) is 15.8. The Morgan fingerprint density at radius 3 is 2.74 bits per heavy atom. The molecule has 0 N–H and O–H groups in total. The fourth-order valence-corrected chi connectivity index (χ4v) is 3.09. The highest BCUT2D eigenvalue weighted by molar-refractivity contribution is 6.31. The van der Waals surface area contributed by atoms with E-state index in [4.69, 9.17) is 21.1 Å². The Labute approximate surface area is 140 Å². The lowest BCUT2D eigenvalue weighted by molar-refractivity contribution is -0.147. The average Bonchev–Trinajstić information content (AvgIpc) is 2.79. The van der Waals surface area contributed by atoms with Crippen molar-refractivity contribution in [3.8, 4) is 5.75 Å². The van der Waals surface area contributed by atoms with Crippen LogP contribution in [0.4, 0.5) is 0 Å². The Kier molecular flexibility index (Phi) is 4.84. The topological polar surface area (TPSA) is 38.8 Å². The number of nitrogens with zero attached hydrogens (tertiary/aromatic N) is 1. The van der Waals surface area contributed by atoms with Gasteiger partial charge in [0.25, 0.3) is 0 Å². The number of hydrogen-bond acceptors (Lipinski definition) is 4. The molecule has 0 saturated carbocycles. The van der Waals surface area contributed by atoms with Crippen LogP contribution in [0.1, 0.15) is 17.2 Å². The van der Waals surface area contributed by atoms with E-state index in [0.717, 1.165) is 16.9 Å². The number of benzene rings is 2. The zero-order chi connectivity index (χ0) is 16.2. The first-order chi connectivity index (χ1) is 11.2. The van der Waals surface area contributed by atoms with Crippen LogP contribution in [0.25, 0.3) is 0 Å². The van der Waals surface area contributed by atoms with Crippen LogP contribution in [-0.2, 0) is 16.1 Å². The molecule has 0 aliphatic carbocycles. The predicted molar refractivity (Wildman–Crippen MR) is 88.6 cm³/mol. The fourth-order valence-electron chi connectivity index (χ4n) is 2.85. The van der Waals surface area contributed by atoms with Crippen LogP contribution in [0.3, 0.4) is 0 Å². The van der Waals surface area contributed by atoms with E-state index >= 15 is 0 Å². The molecule has 120 valence electrons. The minimum atomic E-state index is -0.552. The van der Waals surface area contributed by atoms with E-state index in [-0.39, 0.29) is 5.97 Å². The molecule has 23 heavy (non-hydrogen) atoms. The maximum atomic E-state index is 12.4. The number of halogens is 1. The number of methoxy groups -OCH3 is 1. The molecule has 0 saturated heterocycles. The maximum absolute atomic E-state index is 12.4. The molecule has 4 nitrogen and oxygen atoms in total. The Bertz CT molecular complexity index is 704. The van der Waals surface area contributed by atoms with E-state index in [1.54, 1.807) is 6.07 Å². The van der Waals surface area contributed by atoms with E-state index in [0.29, 0.717) is 24.7 Å². The largest absolute Gasteiger partial charge is 0.492 e. The lowest BCUT2D eigenvalue weighted by Gasteiger charge is -2.28. The van der Waals surface area contributed by atoms with Gasteiger partial charge >= 0.3 is 5.97 Å². The van der Waals surface area contributed by atoms with E-state index < -0.39 is 6.04 Å². The van der Waals surface area contributed by atoms with Gasteiger partial charge in [0, 0.05) is 23.7 Å². The van der Waals surface area contributed by atoms with Crippen molar-refractivity contribution in [3.05, 3.63) is 64.7 Å². The summed E-state index contributed by atoms with van der Waals surface area (Å²) in [6, 6.07) is 14.7. The average molecular weight is 332 g/mol. The van der Waals surface area contributed by atoms with Gasteiger partial charge in [0.15, 0.2) is 0 Å². The van der Waals surface area contributed by atoms with E-state index in [1.165, 1.54) is 7.11 Å². The van der Waals surface area contributed by atoms with Crippen molar-refractivity contribution >= 4 is 17.6 Å². The molecule has 3 rings (SSSR count). The van der Waals surface area contributed by atoms with Crippen LogP contribution in [-0.4, -0.2) is 31.1 Å². The summed E-state index contributed by atoms with van der Waals surface area (Å²) >= 11 is 6.31. The molecule has 1 heterocycles. The number of hydrogen-bond donors (Lipinski definition) is 0. The van der Waals surface area contributed by atoms with Crippen LogP contribution >= 0.6 is 11.6 Å². The van der Waals surface area contributed by atoms with E-state index in [2.05, 4.69) is 0 Å². The number of para-hydroxylation sites is 1. The molecule has 2 aromatic carbocycles. The van der Waals surface area contributed by atoms with Gasteiger partial charge in [-0.2, -0.15) is 0 Å². The molecule has 0 amide bonds. The molecule has 2 aromatic rings. The second-order valence-corrected chi connectivity index (χ2v) is 5.78. The third kappa shape index (κ3) is 3.33. The molecule has 1 atom stereocenters. The standard InChI is InChI=1S/C18H18ClNO3/c1-22-18(21)17(14-7-3-4-8-15(14)19)20-10-11-23-16-9-5-2-6-13(16)12-20/h2-9,17H,10-12H2,1H3. The van der Waals surface area contributed by atoms with Gasteiger partial charge in [0.1, 0.15) is 18.4 Å². The SMILES string of the molecule is COC(=O)C(c1ccccc1Cl)N1CCOc2ccccc2C1. The lowest BCUT2D eigenvalue weighted by atomic mass is 10.0. The summed E-state index contributed by atoms with van der Waals surface area (Å²) in [6.45, 7) is 1.72. The molecule has 1 unspecified atom stereocenters. The number of carbonyl (C=O) groups excluding carboxylic acids is 1. The maximum Gasteiger partial charge on any atom is 0.327 e. The molecule has 0 radical (unpaired) electrons. The van der Waals surface area contributed by atoms with Crippen LogP contribution in [0.5, 0.6) is 5.75 Å². The Hall–Kier alpha value is -2.04. The zero-order valence-corrected chi connectivity index (χ0v) is 13.6. The van der Waals surface area contributed by atoms with Gasteiger partial charge in [-0.05, 0) is 17.7 Å². The van der Waals surface area contributed by atoms with Gasteiger partial charge in [0.2, 0.25) is 0 Å². The third-order valence-corrected chi connectivity index (χ3v) is 4.32. The van der Waals surface area contributed by atoms with Gasteiger partial charge in [-0.25, -0.2) is 4.79 Å². The zero-order valence-electron chi connectivity index (χ0n) is 12.9. The fraction of sp³-hybridized carbons (Fsp3) is 0.278. The highest BCUT2D eigenvalue weighted by Gasteiger charge is 2.31. The van der Waals surface area contributed by atoms with Gasteiger partial charge < -0.3 is 9.47 Å². The summed E-state index contributed by atoms with van der Waals surface area (Å²) in [5.74, 6) is 0.537. The van der Waals surface area contributed by atoms with Crippen molar-refractivity contribution in [1.82, 2.24) is 4.90 Å². The van der Waals surface area contributed by atoms with Crippen molar-refractivity contribution in [2.45, 2.75) is 12.6 Å². The quantitative estimate of drug-likeness (QED) is 0.808. The predicted octanol–water partition coefficient (Wildman–Crippen LogP) is 3.45. The number of ether oxygens (including phenoxy) is 2. The Morgan fingerprint density at radius 1 is 1.22 bits per heavy atom. The number of esters is 1. The Balaban J connectivity index is 1.97. The molecular formula is C18H18ClNO3. The smallest absolute Gasteiger partial charge is 0.327 e. The summed E-state index contributed by atoms with van der Waals surface area (Å²) in [4.78, 5) is 14.5. The van der Waals surface area contributed by atoms with Crippen LogP contribution in [0.15, 0.2) is 48.5 Å². The van der Waals surface area contributed by atoms with Gasteiger partial charge in [-0.1, -0.05) is 48.0 Å². The van der Waals surface area contributed by atoms with Crippen molar-refractivity contribution in [3.63, 3.8) is 0 Å². The second kappa shape index (κ2) is 7.02. The highest BCUT2D eigenvalue weighted by Crippen LogP contribution is 2.32. The van der Waals surface area contributed by atoms with Crippen molar-refractivity contribution < 1.29 is 14.3 Å². The van der Waals surface area contributed by atoms with Crippen LogP contribution in [0, 0.1) is 0 Å².